The molecule has 0 radical (unpaired) electrons. The van der Waals surface area contributed by atoms with Crippen LogP contribution in [0, 0.1) is 6.92 Å². The molecular weight excluding hydrogens is 432 g/mol. The van der Waals surface area contributed by atoms with Crippen LogP contribution in [0.2, 0.25) is 0 Å². The molecule has 6 rings (SSSR count). The molecule has 3 aliphatic heterocycles. The van der Waals surface area contributed by atoms with Gasteiger partial charge in [0, 0.05) is 0 Å². The van der Waals surface area contributed by atoms with Crippen LogP contribution in [0.1, 0.15) is 5.56 Å². The number of hydrogen-bond donors (Lipinski definition) is 0. The lowest BCUT2D eigenvalue weighted by molar-refractivity contribution is 0.262. The number of benzene rings is 3. The van der Waals surface area contributed by atoms with Gasteiger partial charge in [0.25, 0.3) is 0 Å². The molecule has 6 nitrogen and oxygen atoms in total. The maximum atomic E-state index is 5.54. The third-order valence-electron chi connectivity index (χ3n) is 5.08. The second kappa shape index (κ2) is 13.0. The molecular formula is C28H32O6. The molecule has 3 aromatic rings. The molecule has 34 heavy (non-hydrogen) atoms. The van der Waals surface area contributed by atoms with E-state index in [1.807, 2.05) is 91.9 Å². The Kier molecular flexibility index (Phi) is 9.20. The maximum absolute atomic E-state index is 5.54. The summed E-state index contributed by atoms with van der Waals surface area (Å²) >= 11 is 0. The van der Waals surface area contributed by atoms with Gasteiger partial charge < -0.3 is 28.4 Å². The zero-order valence-electron chi connectivity index (χ0n) is 19.5. The van der Waals surface area contributed by atoms with E-state index in [9.17, 15) is 0 Å². The molecule has 0 spiro atoms. The van der Waals surface area contributed by atoms with Crippen LogP contribution in [0.5, 0.6) is 17.2 Å². The van der Waals surface area contributed by atoms with Crippen molar-refractivity contribution < 1.29 is 28.4 Å². The van der Waals surface area contributed by atoms with Gasteiger partial charge in [-0.3, -0.25) is 0 Å². The summed E-state index contributed by atoms with van der Waals surface area (Å²) in [6.45, 7) is 6.66. The molecule has 0 amide bonds. The summed E-state index contributed by atoms with van der Waals surface area (Å²) in [5.41, 5.74) is 1.18. The van der Waals surface area contributed by atoms with Crippen molar-refractivity contribution >= 4 is 0 Å². The molecule has 0 aliphatic carbocycles. The lowest BCUT2D eigenvalue weighted by atomic mass is 10.2. The van der Waals surface area contributed by atoms with E-state index in [1.54, 1.807) is 0 Å². The highest BCUT2D eigenvalue weighted by Crippen LogP contribution is 2.19. The molecule has 3 fully saturated rings. The largest absolute Gasteiger partial charge is 0.491 e. The van der Waals surface area contributed by atoms with Crippen molar-refractivity contribution in [2.45, 2.75) is 25.2 Å². The van der Waals surface area contributed by atoms with Crippen molar-refractivity contribution in [3.05, 3.63) is 90.5 Å². The minimum absolute atomic E-state index is 0.338. The lowest BCUT2D eigenvalue weighted by Crippen LogP contribution is -2.04. The Morgan fingerprint density at radius 3 is 1.35 bits per heavy atom. The molecule has 0 saturated carbocycles. The molecule has 180 valence electrons. The van der Waals surface area contributed by atoms with Gasteiger partial charge in [-0.25, -0.2) is 0 Å². The summed E-state index contributed by atoms with van der Waals surface area (Å²) in [5.74, 6) is 2.80. The predicted molar refractivity (Wildman–Crippen MR) is 130 cm³/mol. The van der Waals surface area contributed by atoms with Crippen LogP contribution in [0.15, 0.2) is 84.9 Å². The zero-order chi connectivity index (χ0) is 23.4. The third-order valence-corrected chi connectivity index (χ3v) is 5.08. The third kappa shape index (κ3) is 9.83. The van der Waals surface area contributed by atoms with E-state index in [0.29, 0.717) is 38.1 Å². The Morgan fingerprint density at radius 1 is 0.559 bits per heavy atom. The van der Waals surface area contributed by atoms with Gasteiger partial charge >= 0.3 is 0 Å². The van der Waals surface area contributed by atoms with Gasteiger partial charge in [-0.1, -0.05) is 54.6 Å². The summed E-state index contributed by atoms with van der Waals surface area (Å²) in [4.78, 5) is 0. The summed E-state index contributed by atoms with van der Waals surface area (Å²) in [6.07, 6.45) is 1.02. The van der Waals surface area contributed by atoms with Gasteiger partial charge in [0.1, 0.15) is 55.4 Å². The fourth-order valence-corrected chi connectivity index (χ4v) is 2.81. The van der Waals surface area contributed by atoms with Crippen molar-refractivity contribution in [2.24, 2.45) is 0 Å². The zero-order valence-corrected chi connectivity index (χ0v) is 19.5. The van der Waals surface area contributed by atoms with Crippen molar-refractivity contribution in [3.63, 3.8) is 0 Å². The molecule has 3 heterocycles. The Labute approximate surface area is 201 Å². The minimum Gasteiger partial charge on any atom is -0.491 e. The smallest absolute Gasteiger partial charge is 0.122 e. The normalized spacial score (nSPS) is 21.0. The summed E-state index contributed by atoms with van der Waals surface area (Å²) in [5, 5.41) is 0. The molecule has 3 saturated heterocycles. The highest BCUT2D eigenvalue weighted by atomic mass is 16.6. The highest BCUT2D eigenvalue weighted by molar-refractivity contribution is 5.31. The van der Waals surface area contributed by atoms with Gasteiger partial charge in [-0.15, -0.1) is 0 Å². The number of para-hydroxylation sites is 3. The molecule has 0 aromatic heterocycles. The first-order chi connectivity index (χ1) is 16.8. The first-order valence-corrected chi connectivity index (χ1v) is 11.6. The Balaban J connectivity index is 0.000000121. The Bertz CT molecular complexity index is 901. The number of hydrogen-bond acceptors (Lipinski definition) is 6. The summed E-state index contributed by atoms with van der Waals surface area (Å²) < 4.78 is 31.4. The van der Waals surface area contributed by atoms with Gasteiger partial charge in [0.15, 0.2) is 0 Å². The maximum Gasteiger partial charge on any atom is 0.122 e. The second-order valence-corrected chi connectivity index (χ2v) is 8.19. The number of epoxide rings is 3. The van der Waals surface area contributed by atoms with Gasteiger partial charge in [0.05, 0.1) is 19.8 Å². The van der Waals surface area contributed by atoms with Crippen LogP contribution < -0.4 is 14.2 Å². The molecule has 6 heteroatoms. The highest BCUT2D eigenvalue weighted by Gasteiger charge is 2.24. The van der Waals surface area contributed by atoms with Crippen LogP contribution in [0.3, 0.4) is 0 Å². The Hall–Kier alpha value is -3.06. The fraction of sp³-hybridized carbons (Fsp3) is 0.357. The van der Waals surface area contributed by atoms with E-state index in [0.717, 1.165) is 37.1 Å². The van der Waals surface area contributed by atoms with Crippen LogP contribution in [0.4, 0.5) is 0 Å². The van der Waals surface area contributed by atoms with Gasteiger partial charge in [-0.05, 0) is 42.8 Å². The lowest BCUT2D eigenvalue weighted by Gasteiger charge is -2.06. The predicted octanol–water partition coefficient (Wildman–Crippen LogP) is 4.70. The van der Waals surface area contributed by atoms with E-state index < -0.39 is 0 Å². The quantitative estimate of drug-likeness (QED) is 0.428. The van der Waals surface area contributed by atoms with Crippen molar-refractivity contribution in [1.82, 2.24) is 0 Å². The van der Waals surface area contributed by atoms with Crippen LogP contribution >= 0.6 is 0 Å². The van der Waals surface area contributed by atoms with E-state index in [1.165, 1.54) is 5.56 Å². The van der Waals surface area contributed by atoms with Crippen molar-refractivity contribution in [2.75, 3.05) is 39.6 Å². The molecule has 3 aliphatic rings. The van der Waals surface area contributed by atoms with Crippen LogP contribution in [-0.2, 0) is 14.2 Å². The molecule has 3 atom stereocenters. The number of aryl methyl sites for hydroxylation is 1. The Morgan fingerprint density at radius 2 is 0.941 bits per heavy atom. The van der Waals surface area contributed by atoms with Gasteiger partial charge in [-0.2, -0.15) is 0 Å². The summed E-state index contributed by atoms with van der Waals surface area (Å²) in [7, 11) is 0. The summed E-state index contributed by atoms with van der Waals surface area (Å²) in [6, 6.07) is 27.6. The average molecular weight is 465 g/mol. The van der Waals surface area contributed by atoms with E-state index in [4.69, 9.17) is 28.4 Å². The standard InChI is InChI=1S/C10H12O2.2C9H10O2/c1-8-4-2-3-5-10(8)12-7-9-6-11-9;2*1-2-4-8(5-3-1)10-6-9-7-11-9/h2-5,9H,6-7H2,1H3;2*1-5,9H,6-7H2. The molecule has 0 N–H and O–H groups in total. The van der Waals surface area contributed by atoms with Crippen molar-refractivity contribution in [1.29, 1.82) is 0 Å². The van der Waals surface area contributed by atoms with E-state index in [-0.39, 0.29) is 0 Å². The fourth-order valence-electron chi connectivity index (χ4n) is 2.81. The molecule has 3 unspecified atom stereocenters. The molecule has 0 bridgehead atoms. The topological polar surface area (TPSA) is 65.3 Å². The number of rotatable bonds is 9. The van der Waals surface area contributed by atoms with Crippen LogP contribution in [0.25, 0.3) is 0 Å². The van der Waals surface area contributed by atoms with Gasteiger partial charge in [0.2, 0.25) is 0 Å². The first-order valence-electron chi connectivity index (χ1n) is 11.6. The van der Waals surface area contributed by atoms with E-state index >= 15 is 0 Å². The SMILES string of the molecule is Cc1ccccc1OCC1CO1.c1ccc(OCC2CO2)cc1.c1ccc(OCC2CO2)cc1. The number of ether oxygens (including phenoxy) is 6. The van der Waals surface area contributed by atoms with Crippen LogP contribution in [-0.4, -0.2) is 58.0 Å². The van der Waals surface area contributed by atoms with Crippen molar-refractivity contribution in [3.8, 4) is 17.2 Å². The first kappa shape index (κ1) is 24.1. The second-order valence-electron chi connectivity index (χ2n) is 8.19. The minimum atomic E-state index is 0.338. The monoisotopic (exact) mass is 464 g/mol. The average Bonchev–Trinajstić information content (AvgIpc) is 3.72. The molecule has 3 aromatic carbocycles. The van der Waals surface area contributed by atoms with E-state index in [2.05, 4.69) is 0 Å².